The SMILES string of the molecule is [2H]C1([2H])[C@H]2CO[C@H](O2)[C@@H](O)[C@@H]1C(C)C. The number of aliphatic hydroxyl groups is 1. The molecule has 0 aromatic carbocycles. The summed E-state index contributed by atoms with van der Waals surface area (Å²) in [6.07, 6.45) is -3.51. The smallest absolute Gasteiger partial charge is 0.184 e. The van der Waals surface area contributed by atoms with Crippen molar-refractivity contribution in [3.05, 3.63) is 0 Å². The van der Waals surface area contributed by atoms with E-state index in [0.717, 1.165) is 0 Å². The van der Waals surface area contributed by atoms with E-state index in [4.69, 9.17) is 12.2 Å². The molecule has 0 radical (unpaired) electrons. The minimum absolute atomic E-state index is 0.0793. The van der Waals surface area contributed by atoms with Crippen molar-refractivity contribution in [2.24, 2.45) is 11.8 Å². The molecule has 2 rings (SSSR count). The lowest BCUT2D eigenvalue weighted by molar-refractivity contribution is -0.181. The lowest BCUT2D eigenvalue weighted by atomic mass is 9.84. The number of aliphatic hydroxyl groups excluding tert-OH is 1. The minimum atomic E-state index is -1.50. The second-order valence-corrected chi connectivity index (χ2v) is 3.75. The molecule has 0 aliphatic carbocycles. The van der Waals surface area contributed by atoms with Crippen LogP contribution in [0.4, 0.5) is 0 Å². The highest BCUT2D eigenvalue weighted by Crippen LogP contribution is 2.35. The maximum Gasteiger partial charge on any atom is 0.184 e. The van der Waals surface area contributed by atoms with Crippen LogP contribution in [0.15, 0.2) is 0 Å². The molecule has 2 fully saturated rings. The van der Waals surface area contributed by atoms with E-state index in [2.05, 4.69) is 0 Å². The zero-order valence-corrected chi connectivity index (χ0v) is 7.36. The van der Waals surface area contributed by atoms with Crippen molar-refractivity contribution in [1.82, 2.24) is 0 Å². The van der Waals surface area contributed by atoms with Crippen molar-refractivity contribution in [2.45, 2.75) is 38.7 Å². The summed E-state index contributed by atoms with van der Waals surface area (Å²) >= 11 is 0. The maximum atomic E-state index is 9.87. The first-order valence-electron chi connectivity index (χ1n) is 5.39. The second kappa shape index (κ2) is 2.98. The van der Waals surface area contributed by atoms with Crippen LogP contribution in [-0.4, -0.2) is 30.2 Å². The fraction of sp³-hybridized carbons (Fsp3) is 1.00. The van der Waals surface area contributed by atoms with Gasteiger partial charge in [-0.15, -0.1) is 0 Å². The van der Waals surface area contributed by atoms with Crippen molar-refractivity contribution in [3.63, 3.8) is 0 Å². The number of hydrogen-bond donors (Lipinski definition) is 1. The molecule has 3 nitrogen and oxygen atoms in total. The van der Waals surface area contributed by atoms with Gasteiger partial charge in [-0.3, -0.25) is 0 Å². The van der Waals surface area contributed by atoms with E-state index in [1.807, 2.05) is 13.8 Å². The molecule has 12 heavy (non-hydrogen) atoms. The predicted molar refractivity (Wildman–Crippen MR) is 43.6 cm³/mol. The summed E-state index contributed by atoms with van der Waals surface area (Å²) in [6.45, 7) is 4.07. The maximum absolute atomic E-state index is 9.87. The van der Waals surface area contributed by atoms with E-state index in [-0.39, 0.29) is 12.5 Å². The third kappa shape index (κ3) is 1.26. The Morgan fingerprint density at radius 1 is 1.58 bits per heavy atom. The Morgan fingerprint density at radius 3 is 3.00 bits per heavy atom. The molecular formula is C9H16O3. The monoisotopic (exact) mass is 174 g/mol. The highest BCUT2D eigenvalue weighted by Gasteiger charge is 2.43. The standard InChI is InChI=1S/C9H16O3/c1-5(2)7-3-6-4-11-9(12-6)8(7)10/h5-10H,3-4H2,1-2H3/t6-,7-,8-,9+/m0/s1/i3D2. The number of hydrogen-bond acceptors (Lipinski definition) is 3. The van der Waals surface area contributed by atoms with Gasteiger partial charge in [0.2, 0.25) is 0 Å². The Kier molecular flexibility index (Phi) is 1.58. The highest BCUT2D eigenvalue weighted by atomic mass is 16.7. The van der Waals surface area contributed by atoms with Gasteiger partial charge in [0.1, 0.15) is 6.10 Å². The van der Waals surface area contributed by atoms with Crippen LogP contribution >= 0.6 is 0 Å². The Labute approximate surface area is 75.5 Å². The van der Waals surface area contributed by atoms with E-state index >= 15 is 0 Å². The van der Waals surface area contributed by atoms with Gasteiger partial charge in [-0.2, -0.15) is 0 Å². The second-order valence-electron chi connectivity index (χ2n) is 3.75. The predicted octanol–water partition coefficient (Wildman–Crippen LogP) is 0.765. The van der Waals surface area contributed by atoms with Gasteiger partial charge in [-0.05, 0) is 18.2 Å². The van der Waals surface area contributed by atoms with Gasteiger partial charge in [0.15, 0.2) is 6.29 Å². The molecular weight excluding hydrogens is 156 g/mol. The van der Waals surface area contributed by atoms with Gasteiger partial charge < -0.3 is 14.6 Å². The molecule has 0 aromatic rings. The average molecular weight is 174 g/mol. The van der Waals surface area contributed by atoms with Crippen LogP contribution in [0.25, 0.3) is 0 Å². The van der Waals surface area contributed by atoms with Crippen LogP contribution in [0.5, 0.6) is 0 Å². The first-order valence-corrected chi connectivity index (χ1v) is 4.39. The van der Waals surface area contributed by atoms with Crippen LogP contribution in [0.1, 0.15) is 23.0 Å². The Morgan fingerprint density at radius 2 is 2.33 bits per heavy atom. The largest absolute Gasteiger partial charge is 0.388 e. The van der Waals surface area contributed by atoms with Crippen LogP contribution < -0.4 is 0 Å². The molecule has 0 unspecified atom stereocenters. The number of rotatable bonds is 1. The molecule has 2 heterocycles. The molecule has 3 heteroatoms. The Balaban J connectivity index is 2.29. The Bertz CT molecular complexity index is 232. The van der Waals surface area contributed by atoms with Crippen molar-refractivity contribution in [3.8, 4) is 0 Å². The van der Waals surface area contributed by atoms with Gasteiger partial charge in [-0.25, -0.2) is 0 Å². The summed E-state index contributed by atoms with van der Waals surface area (Å²) in [6, 6.07) is 0. The molecule has 2 saturated heterocycles. The molecule has 0 spiro atoms. The van der Waals surface area contributed by atoms with Gasteiger partial charge in [-0.1, -0.05) is 13.8 Å². The quantitative estimate of drug-likeness (QED) is 0.638. The third-order valence-corrected chi connectivity index (χ3v) is 2.45. The van der Waals surface area contributed by atoms with Crippen molar-refractivity contribution >= 4 is 0 Å². The van der Waals surface area contributed by atoms with Crippen molar-refractivity contribution in [1.29, 1.82) is 0 Å². The average Bonchev–Trinajstić information content (AvgIpc) is 2.46. The topological polar surface area (TPSA) is 38.7 Å². The van der Waals surface area contributed by atoms with E-state index in [9.17, 15) is 5.11 Å². The summed E-state index contributed by atoms with van der Waals surface area (Å²) in [7, 11) is 0. The lowest BCUT2D eigenvalue weighted by Gasteiger charge is -2.34. The highest BCUT2D eigenvalue weighted by molar-refractivity contribution is 4.86. The van der Waals surface area contributed by atoms with E-state index in [1.165, 1.54) is 0 Å². The van der Waals surface area contributed by atoms with Gasteiger partial charge in [0, 0.05) is 2.74 Å². The molecule has 2 aliphatic rings. The van der Waals surface area contributed by atoms with E-state index in [0.29, 0.717) is 0 Å². The minimum Gasteiger partial charge on any atom is -0.388 e. The summed E-state index contributed by atoms with van der Waals surface area (Å²) < 4.78 is 26.3. The number of ether oxygens (including phenoxy) is 2. The Hall–Kier alpha value is -0.120. The fourth-order valence-corrected chi connectivity index (χ4v) is 1.76. The zero-order valence-electron chi connectivity index (χ0n) is 9.36. The van der Waals surface area contributed by atoms with Crippen LogP contribution in [0, 0.1) is 11.8 Å². The first-order chi connectivity index (χ1) is 6.44. The van der Waals surface area contributed by atoms with Crippen LogP contribution in [-0.2, 0) is 9.47 Å². The van der Waals surface area contributed by atoms with Gasteiger partial charge in [0.25, 0.3) is 0 Å². The molecule has 70 valence electrons. The van der Waals surface area contributed by atoms with Crippen molar-refractivity contribution in [2.75, 3.05) is 6.61 Å². The van der Waals surface area contributed by atoms with Gasteiger partial charge >= 0.3 is 0 Å². The lowest BCUT2D eigenvalue weighted by Crippen LogP contribution is -2.42. The summed E-state index contributed by atoms with van der Waals surface area (Å²) in [5.41, 5.74) is 0. The molecule has 0 aromatic heterocycles. The van der Waals surface area contributed by atoms with Crippen LogP contribution in [0.2, 0.25) is 0 Å². The molecule has 4 atom stereocenters. The van der Waals surface area contributed by atoms with E-state index in [1.54, 1.807) is 0 Å². The fourth-order valence-electron chi connectivity index (χ4n) is 1.76. The molecule has 2 aliphatic heterocycles. The van der Waals surface area contributed by atoms with E-state index < -0.39 is 30.8 Å². The summed E-state index contributed by atoms with van der Waals surface area (Å²) in [5, 5.41) is 9.87. The van der Waals surface area contributed by atoms with Crippen molar-refractivity contribution < 1.29 is 17.3 Å². The normalized spacial score (nSPS) is 53.7. The molecule has 0 saturated carbocycles. The molecule has 1 N–H and O–H groups in total. The third-order valence-electron chi connectivity index (χ3n) is 2.45. The molecule has 0 amide bonds. The van der Waals surface area contributed by atoms with Crippen LogP contribution in [0.3, 0.4) is 0 Å². The summed E-state index contributed by atoms with van der Waals surface area (Å²) in [5.74, 6) is -0.329. The molecule has 2 bridgehead atoms. The summed E-state index contributed by atoms with van der Waals surface area (Å²) in [4.78, 5) is 0. The number of fused-ring (bicyclic) bond motifs is 2. The zero-order chi connectivity index (χ0) is 10.5. The van der Waals surface area contributed by atoms with Gasteiger partial charge in [0.05, 0.1) is 12.7 Å². The first kappa shape index (κ1) is 6.35.